The number of aliphatic hydroxyl groups is 1. The van der Waals surface area contributed by atoms with Crippen LogP contribution in [-0.2, 0) is 17.8 Å². The average molecular weight is 285 g/mol. The van der Waals surface area contributed by atoms with Crippen molar-refractivity contribution in [3.8, 4) is 0 Å². The van der Waals surface area contributed by atoms with E-state index in [4.69, 9.17) is 4.42 Å². The predicted octanol–water partition coefficient (Wildman–Crippen LogP) is 2.66. The average Bonchev–Trinajstić information content (AvgIpc) is 3.06. The van der Waals surface area contributed by atoms with Gasteiger partial charge in [-0.15, -0.1) is 0 Å². The van der Waals surface area contributed by atoms with Crippen molar-refractivity contribution in [1.82, 2.24) is 4.90 Å². The predicted molar refractivity (Wildman–Crippen MR) is 78.6 cm³/mol. The molecule has 1 atom stereocenters. The van der Waals surface area contributed by atoms with E-state index in [9.17, 15) is 9.90 Å². The highest BCUT2D eigenvalue weighted by atomic mass is 16.4. The zero-order valence-electron chi connectivity index (χ0n) is 12.1. The van der Waals surface area contributed by atoms with Gasteiger partial charge in [0.1, 0.15) is 11.9 Å². The molecule has 0 spiro atoms. The number of carbonyl (C=O) groups excluding carboxylic acids is 1. The van der Waals surface area contributed by atoms with E-state index in [2.05, 4.69) is 0 Å². The Morgan fingerprint density at radius 1 is 1.38 bits per heavy atom. The molecule has 0 bridgehead atoms. The van der Waals surface area contributed by atoms with Gasteiger partial charge in [0.25, 0.3) is 0 Å². The summed E-state index contributed by atoms with van der Waals surface area (Å²) in [7, 11) is 0. The number of hydrogen-bond acceptors (Lipinski definition) is 3. The lowest BCUT2D eigenvalue weighted by Crippen LogP contribution is -2.35. The highest BCUT2D eigenvalue weighted by Gasteiger charge is 2.21. The minimum atomic E-state index is -0.762. The largest absolute Gasteiger partial charge is 0.466 e. The van der Waals surface area contributed by atoms with Gasteiger partial charge in [-0.05, 0) is 35.2 Å². The Hall–Kier alpha value is -2.07. The zero-order chi connectivity index (χ0) is 14.8. The van der Waals surface area contributed by atoms with Gasteiger partial charge in [0, 0.05) is 19.5 Å². The quantitative estimate of drug-likeness (QED) is 0.943. The van der Waals surface area contributed by atoms with Crippen LogP contribution in [0.4, 0.5) is 0 Å². The molecule has 110 valence electrons. The van der Waals surface area contributed by atoms with E-state index in [1.54, 1.807) is 18.4 Å². The molecular formula is C17H19NO3. The molecule has 21 heavy (non-hydrogen) atoms. The highest BCUT2D eigenvalue weighted by molar-refractivity contribution is 5.76. The van der Waals surface area contributed by atoms with Gasteiger partial charge in [0.05, 0.1) is 6.26 Å². The number of nitrogens with zero attached hydrogens (tertiary/aromatic N) is 1. The second-order valence-corrected chi connectivity index (χ2v) is 5.36. The molecule has 1 unspecified atom stereocenters. The number of benzene rings is 1. The molecule has 0 radical (unpaired) electrons. The van der Waals surface area contributed by atoms with Gasteiger partial charge in [0.2, 0.25) is 5.91 Å². The lowest BCUT2D eigenvalue weighted by Gasteiger charge is -2.29. The second-order valence-electron chi connectivity index (χ2n) is 5.36. The molecule has 0 aliphatic carbocycles. The summed E-state index contributed by atoms with van der Waals surface area (Å²) in [6.07, 6.45) is 2.20. The van der Waals surface area contributed by atoms with Crippen molar-refractivity contribution in [2.75, 3.05) is 6.54 Å². The van der Waals surface area contributed by atoms with E-state index < -0.39 is 6.10 Å². The first kappa shape index (κ1) is 13.9. The smallest absolute Gasteiger partial charge is 0.222 e. The van der Waals surface area contributed by atoms with Crippen LogP contribution in [0.5, 0.6) is 0 Å². The Labute approximate surface area is 124 Å². The Kier molecular flexibility index (Phi) is 3.80. The van der Waals surface area contributed by atoms with Crippen molar-refractivity contribution in [3.05, 3.63) is 59.0 Å². The third-order valence-corrected chi connectivity index (χ3v) is 4.03. The molecule has 0 saturated carbocycles. The molecule has 0 fully saturated rings. The minimum absolute atomic E-state index is 0.178. The maximum atomic E-state index is 11.8. The normalized spacial score (nSPS) is 15.6. The van der Waals surface area contributed by atoms with Crippen molar-refractivity contribution in [1.29, 1.82) is 0 Å². The van der Waals surface area contributed by atoms with E-state index in [1.807, 2.05) is 30.0 Å². The Bertz CT molecular complexity index is 633. The molecule has 4 heteroatoms. The van der Waals surface area contributed by atoms with Crippen LogP contribution in [0.3, 0.4) is 0 Å². The monoisotopic (exact) mass is 285 g/mol. The van der Waals surface area contributed by atoms with Crippen LogP contribution in [0.25, 0.3) is 0 Å². The fraction of sp³-hybridized carbons (Fsp3) is 0.353. The lowest BCUT2D eigenvalue weighted by molar-refractivity contribution is -0.131. The minimum Gasteiger partial charge on any atom is -0.466 e. The molecule has 1 amide bonds. The second kappa shape index (κ2) is 5.74. The summed E-state index contributed by atoms with van der Waals surface area (Å²) in [5.41, 5.74) is 3.17. The molecule has 2 heterocycles. The van der Waals surface area contributed by atoms with Crippen LogP contribution in [0.15, 0.2) is 41.0 Å². The maximum absolute atomic E-state index is 11.8. The molecular weight excluding hydrogens is 266 g/mol. The van der Waals surface area contributed by atoms with Crippen LogP contribution in [0.2, 0.25) is 0 Å². The Morgan fingerprint density at radius 3 is 2.95 bits per heavy atom. The van der Waals surface area contributed by atoms with Crippen molar-refractivity contribution in [2.45, 2.75) is 32.4 Å². The van der Waals surface area contributed by atoms with E-state index in [0.29, 0.717) is 18.7 Å². The summed E-state index contributed by atoms with van der Waals surface area (Å²) in [5.74, 6) is 0.713. The van der Waals surface area contributed by atoms with Crippen LogP contribution in [0.1, 0.15) is 41.9 Å². The number of amides is 1. The summed E-state index contributed by atoms with van der Waals surface area (Å²) >= 11 is 0. The summed E-state index contributed by atoms with van der Waals surface area (Å²) in [6.45, 7) is 3.29. The van der Waals surface area contributed by atoms with Crippen molar-refractivity contribution in [2.24, 2.45) is 0 Å². The van der Waals surface area contributed by atoms with E-state index in [0.717, 1.165) is 24.1 Å². The van der Waals surface area contributed by atoms with Crippen LogP contribution in [-0.4, -0.2) is 22.5 Å². The van der Waals surface area contributed by atoms with Crippen LogP contribution in [0, 0.1) is 0 Å². The van der Waals surface area contributed by atoms with Gasteiger partial charge in [-0.1, -0.05) is 25.1 Å². The van der Waals surface area contributed by atoms with Crippen molar-refractivity contribution < 1.29 is 14.3 Å². The Balaban J connectivity index is 1.86. The number of fused-ring (bicyclic) bond motifs is 1. The molecule has 1 aromatic heterocycles. The van der Waals surface area contributed by atoms with Crippen molar-refractivity contribution in [3.63, 3.8) is 0 Å². The van der Waals surface area contributed by atoms with Gasteiger partial charge < -0.3 is 14.4 Å². The first-order valence-electron chi connectivity index (χ1n) is 7.30. The van der Waals surface area contributed by atoms with Crippen LogP contribution >= 0.6 is 0 Å². The third-order valence-electron chi connectivity index (χ3n) is 4.03. The fourth-order valence-corrected chi connectivity index (χ4v) is 2.79. The van der Waals surface area contributed by atoms with Crippen LogP contribution < -0.4 is 0 Å². The first-order valence-corrected chi connectivity index (χ1v) is 7.30. The molecule has 1 aliphatic rings. The van der Waals surface area contributed by atoms with Gasteiger partial charge in [-0.25, -0.2) is 0 Å². The van der Waals surface area contributed by atoms with E-state index >= 15 is 0 Å². The number of hydrogen-bond donors (Lipinski definition) is 1. The van der Waals surface area contributed by atoms with Gasteiger partial charge in [-0.3, -0.25) is 4.79 Å². The topological polar surface area (TPSA) is 53.7 Å². The van der Waals surface area contributed by atoms with E-state index in [1.165, 1.54) is 5.56 Å². The molecule has 1 aromatic carbocycles. The van der Waals surface area contributed by atoms with Crippen molar-refractivity contribution >= 4 is 5.91 Å². The number of carbonyl (C=O) groups is 1. The fourth-order valence-electron chi connectivity index (χ4n) is 2.79. The highest BCUT2D eigenvalue weighted by Crippen LogP contribution is 2.27. The molecule has 1 aliphatic heterocycles. The SMILES string of the molecule is CCC(=O)N1CCc2ccc(C(O)c3ccco3)cc2C1. The summed E-state index contributed by atoms with van der Waals surface area (Å²) in [5, 5.41) is 10.3. The summed E-state index contributed by atoms with van der Waals surface area (Å²) < 4.78 is 5.26. The number of aliphatic hydroxyl groups excluding tert-OH is 1. The van der Waals surface area contributed by atoms with E-state index in [-0.39, 0.29) is 5.91 Å². The number of furan rings is 1. The third kappa shape index (κ3) is 2.72. The molecule has 2 aromatic rings. The Morgan fingerprint density at radius 2 is 2.24 bits per heavy atom. The van der Waals surface area contributed by atoms with Gasteiger partial charge in [0.15, 0.2) is 0 Å². The molecule has 3 rings (SSSR count). The first-order chi connectivity index (χ1) is 10.2. The lowest BCUT2D eigenvalue weighted by atomic mass is 9.95. The standard InChI is InChI=1S/C17H19NO3/c1-2-16(19)18-8-7-12-5-6-13(10-14(12)11-18)17(20)15-4-3-9-21-15/h3-6,9-10,17,20H,2,7-8,11H2,1H3. The maximum Gasteiger partial charge on any atom is 0.222 e. The zero-order valence-corrected chi connectivity index (χ0v) is 12.1. The molecule has 0 saturated heterocycles. The molecule has 4 nitrogen and oxygen atoms in total. The molecule has 1 N–H and O–H groups in total. The summed E-state index contributed by atoms with van der Waals surface area (Å²) in [6, 6.07) is 9.49. The van der Waals surface area contributed by atoms with Gasteiger partial charge >= 0.3 is 0 Å². The number of rotatable bonds is 3. The van der Waals surface area contributed by atoms with Gasteiger partial charge in [-0.2, -0.15) is 0 Å². The summed E-state index contributed by atoms with van der Waals surface area (Å²) in [4.78, 5) is 13.7.